The first-order chi connectivity index (χ1) is 5.44. The second kappa shape index (κ2) is 3.63. The first-order valence-corrected chi connectivity index (χ1v) is 6.61. The Morgan fingerprint density at radius 3 is 2.50 bits per heavy atom. The summed E-state index contributed by atoms with van der Waals surface area (Å²) in [5, 5.41) is 1.56. The maximum Gasteiger partial charge on any atom is 0.203 e. The molecule has 1 aromatic heterocycles. The second-order valence-electron chi connectivity index (χ2n) is 2.58. The predicted octanol–water partition coefficient (Wildman–Crippen LogP) is 3.42. The smallest absolute Gasteiger partial charge is 0.203 e. The number of hydrogen-bond donors (Lipinski definition) is 2. The molecule has 0 saturated heterocycles. The molecule has 0 amide bonds. The van der Waals surface area contributed by atoms with Gasteiger partial charge in [0.1, 0.15) is 4.60 Å². The van der Waals surface area contributed by atoms with Crippen LogP contribution in [0.25, 0.3) is 0 Å². The molecule has 0 saturated carbocycles. The standard InChI is InChI=1S/C6H10BrNO2S2/c1-4(2)12(9,10)6-8-5(7)3-11-6/h3-4,9-10H,1-2H3. The van der Waals surface area contributed by atoms with Gasteiger partial charge in [0.05, 0.1) is 5.25 Å². The van der Waals surface area contributed by atoms with Crippen LogP contribution < -0.4 is 0 Å². The molecule has 0 aliphatic heterocycles. The van der Waals surface area contributed by atoms with Crippen LogP contribution in [0.15, 0.2) is 14.3 Å². The van der Waals surface area contributed by atoms with Crippen LogP contribution in [0.5, 0.6) is 0 Å². The summed E-state index contributed by atoms with van der Waals surface area (Å²) >= 11 is 4.43. The molecule has 0 radical (unpaired) electrons. The van der Waals surface area contributed by atoms with Crippen LogP contribution >= 0.6 is 37.9 Å². The lowest BCUT2D eigenvalue weighted by atomic mass is 10.6. The van der Waals surface area contributed by atoms with Crippen molar-refractivity contribution < 1.29 is 9.11 Å². The third-order valence-electron chi connectivity index (χ3n) is 1.37. The average molecular weight is 272 g/mol. The zero-order valence-corrected chi connectivity index (χ0v) is 9.91. The molecule has 1 aromatic rings. The third kappa shape index (κ3) is 2.00. The molecule has 6 heteroatoms. The predicted molar refractivity (Wildman–Crippen MR) is 56.1 cm³/mol. The summed E-state index contributed by atoms with van der Waals surface area (Å²) in [7, 11) is -2.68. The lowest BCUT2D eigenvalue weighted by molar-refractivity contribution is 0.475. The molecule has 0 unspecified atom stereocenters. The molecule has 3 nitrogen and oxygen atoms in total. The Kier molecular flexibility index (Phi) is 3.16. The molecule has 12 heavy (non-hydrogen) atoms. The lowest BCUT2D eigenvalue weighted by Gasteiger charge is -2.33. The summed E-state index contributed by atoms with van der Waals surface area (Å²) in [5.41, 5.74) is 0. The zero-order valence-electron chi connectivity index (χ0n) is 6.69. The van der Waals surface area contributed by atoms with E-state index in [9.17, 15) is 9.11 Å². The number of hydrogen-bond acceptors (Lipinski definition) is 4. The molecule has 1 heterocycles. The Balaban J connectivity index is 2.97. The maximum atomic E-state index is 9.64. The van der Waals surface area contributed by atoms with Crippen molar-refractivity contribution in [1.29, 1.82) is 0 Å². The van der Waals surface area contributed by atoms with E-state index < -0.39 is 10.6 Å². The van der Waals surface area contributed by atoms with Crippen molar-refractivity contribution in [3.05, 3.63) is 9.98 Å². The Morgan fingerprint density at radius 1 is 1.58 bits per heavy atom. The van der Waals surface area contributed by atoms with Crippen LogP contribution in [-0.4, -0.2) is 19.3 Å². The summed E-state index contributed by atoms with van der Waals surface area (Å²) in [5.74, 6) is 0. The van der Waals surface area contributed by atoms with Gasteiger partial charge in [0.25, 0.3) is 0 Å². The highest BCUT2D eigenvalue weighted by molar-refractivity contribution is 9.10. The Morgan fingerprint density at radius 2 is 2.17 bits per heavy atom. The Hall–Kier alpha value is 0.380. The largest absolute Gasteiger partial charge is 0.292 e. The monoisotopic (exact) mass is 271 g/mol. The lowest BCUT2D eigenvalue weighted by Crippen LogP contribution is -2.09. The average Bonchev–Trinajstić information content (AvgIpc) is 2.35. The van der Waals surface area contributed by atoms with Gasteiger partial charge in [-0.15, -0.1) is 21.9 Å². The third-order valence-corrected chi connectivity index (χ3v) is 5.66. The number of thiazole rings is 1. The molecule has 0 atom stereocenters. The Bertz CT molecular complexity index is 274. The summed E-state index contributed by atoms with van der Waals surface area (Å²) in [4.78, 5) is 3.98. The molecule has 0 aromatic carbocycles. The van der Waals surface area contributed by atoms with Gasteiger partial charge < -0.3 is 0 Å². The van der Waals surface area contributed by atoms with Gasteiger partial charge in [0.2, 0.25) is 4.34 Å². The minimum absolute atomic E-state index is 0.185. The highest BCUT2D eigenvalue weighted by Gasteiger charge is 2.23. The molecule has 0 spiro atoms. The van der Waals surface area contributed by atoms with Gasteiger partial charge in [-0.2, -0.15) is 0 Å². The van der Waals surface area contributed by atoms with E-state index in [4.69, 9.17) is 0 Å². The minimum atomic E-state index is -2.68. The van der Waals surface area contributed by atoms with Gasteiger partial charge in [0, 0.05) is 5.38 Å². The van der Waals surface area contributed by atoms with Crippen molar-refractivity contribution in [2.75, 3.05) is 0 Å². The first-order valence-electron chi connectivity index (χ1n) is 3.32. The summed E-state index contributed by atoms with van der Waals surface area (Å²) in [6, 6.07) is 0. The van der Waals surface area contributed by atoms with E-state index in [0.29, 0.717) is 8.94 Å². The number of halogens is 1. The number of rotatable bonds is 2. The van der Waals surface area contributed by atoms with Gasteiger partial charge in [-0.05, 0) is 29.8 Å². The molecule has 0 aliphatic carbocycles. The van der Waals surface area contributed by atoms with Crippen molar-refractivity contribution in [2.24, 2.45) is 0 Å². The van der Waals surface area contributed by atoms with E-state index in [1.807, 2.05) is 0 Å². The van der Waals surface area contributed by atoms with Crippen LogP contribution in [0.4, 0.5) is 0 Å². The van der Waals surface area contributed by atoms with Gasteiger partial charge in [-0.3, -0.25) is 9.11 Å². The summed E-state index contributed by atoms with van der Waals surface area (Å²) in [6.07, 6.45) is 0. The number of aromatic nitrogens is 1. The molecule has 0 bridgehead atoms. The fourth-order valence-corrected chi connectivity index (χ4v) is 3.60. The normalized spacial score (nSPS) is 13.8. The molecular weight excluding hydrogens is 262 g/mol. The quantitative estimate of drug-likeness (QED) is 0.867. The van der Waals surface area contributed by atoms with Crippen molar-refractivity contribution in [2.45, 2.75) is 23.4 Å². The zero-order chi connectivity index (χ0) is 9.35. The Labute approximate surface area is 85.3 Å². The molecule has 2 N–H and O–H groups in total. The van der Waals surface area contributed by atoms with Crippen LogP contribution in [-0.2, 0) is 0 Å². The van der Waals surface area contributed by atoms with E-state index in [1.165, 1.54) is 11.3 Å². The van der Waals surface area contributed by atoms with Crippen LogP contribution in [0.3, 0.4) is 0 Å². The SMILES string of the molecule is CC(C)S(O)(O)c1nc(Br)cs1. The van der Waals surface area contributed by atoms with Crippen molar-refractivity contribution in [3.63, 3.8) is 0 Å². The highest BCUT2D eigenvalue weighted by atomic mass is 79.9. The minimum Gasteiger partial charge on any atom is -0.292 e. The van der Waals surface area contributed by atoms with Crippen LogP contribution in [0, 0.1) is 0 Å². The summed E-state index contributed by atoms with van der Waals surface area (Å²) < 4.78 is 20.3. The van der Waals surface area contributed by atoms with Crippen LogP contribution in [0.1, 0.15) is 13.8 Å². The fourth-order valence-electron chi connectivity index (χ4n) is 0.579. The van der Waals surface area contributed by atoms with E-state index in [-0.39, 0.29) is 5.25 Å². The van der Waals surface area contributed by atoms with Gasteiger partial charge in [-0.1, -0.05) is 0 Å². The van der Waals surface area contributed by atoms with Gasteiger partial charge in [-0.25, -0.2) is 4.98 Å². The van der Waals surface area contributed by atoms with Gasteiger partial charge >= 0.3 is 0 Å². The molecule has 0 fully saturated rings. The van der Waals surface area contributed by atoms with Gasteiger partial charge in [0.15, 0.2) is 0 Å². The second-order valence-corrected chi connectivity index (χ2v) is 7.02. The first kappa shape index (κ1) is 10.5. The topological polar surface area (TPSA) is 53.4 Å². The highest BCUT2D eigenvalue weighted by Crippen LogP contribution is 2.53. The number of nitrogens with zero attached hydrogens (tertiary/aromatic N) is 1. The van der Waals surface area contributed by atoms with E-state index in [1.54, 1.807) is 19.2 Å². The van der Waals surface area contributed by atoms with Crippen molar-refractivity contribution >= 4 is 37.9 Å². The van der Waals surface area contributed by atoms with E-state index in [2.05, 4.69) is 20.9 Å². The molecular formula is C6H10BrNO2S2. The van der Waals surface area contributed by atoms with Crippen molar-refractivity contribution in [3.8, 4) is 0 Å². The van der Waals surface area contributed by atoms with Crippen molar-refractivity contribution in [1.82, 2.24) is 4.98 Å². The molecule has 1 rings (SSSR count). The van der Waals surface area contributed by atoms with E-state index >= 15 is 0 Å². The molecule has 70 valence electrons. The summed E-state index contributed by atoms with van der Waals surface area (Å²) in [6.45, 7) is 3.54. The maximum absolute atomic E-state index is 9.64. The van der Waals surface area contributed by atoms with E-state index in [0.717, 1.165) is 0 Å². The molecule has 0 aliphatic rings. The fraction of sp³-hybridized carbons (Fsp3) is 0.500. The van der Waals surface area contributed by atoms with Crippen LogP contribution in [0.2, 0.25) is 0 Å².